The highest BCUT2D eigenvalue weighted by Gasteiger charge is 2.40. The van der Waals surface area contributed by atoms with E-state index >= 15 is 0 Å². The first-order valence-corrected chi connectivity index (χ1v) is 10.3. The number of aromatic nitrogens is 2. The van der Waals surface area contributed by atoms with Crippen LogP contribution in [0.15, 0.2) is 36.8 Å². The minimum absolute atomic E-state index is 0.0356. The molecule has 1 aromatic carbocycles. The van der Waals surface area contributed by atoms with Crippen molar-refractivity contribution in [2.75, 3.05) is 45.2 Å². The van der Waals surface area contributed by atoms with Crippen LogP contribution in [-0.4, -0.2) is 77.0 Å². The van der Waals surface area contributed by atoms with Crippen LogP contribution in [0.2, 0.25) is 0 Å². The number of aryl methyl sites for hydroxylation is 1. The molecule has 0 radical (unpaired) electrons. The number of piperidine rings is 1. The second-order valence-corrected chi connectivity index (χ2v) is 8.14. The van der Waals surface area contributed by atoms with E-state index in [-0.39, 0.29) is 23.1 Å². The number of amides is 2. The molecule has 2 saturated heterocycles. The number of nitrogens with zero attached hydrogens (tertiary/aromatic N) is 4. The van der Waals surface area contributed by atoms with E-state index in [1.165, 1.54) is 18.6 Å². The number of nitrogens with one attached hydrogen (secondary N) is 1. The van der Waals surface area contributed by atoms with Gasteiger partial charge in [-0.15, -0.1) is 0 Å². The first-order valence-electron chi connectivity index (χ1n) is 10.3. The molecule has 1 aromatic heterocycles. The van der Waals surface area contributed by atoms with Gasteiger partial charge in [-0.3, -0.25) is 14.6 Å². The number of rotatable bonds is 3. The molecule has 0 aliphatic carbocycles. The number of ether oxygens (including phenoxy) is 1. The number of morpholine rings is 1. The molecule has 2 aliphatic heterocycles. The number of likely N-dealkylation sites (tertiary alicyclic amines) is 1. The molecule has 3 heterocycles. The van der Waals surface area contributed by atoms with Gasteiger partial charge in [0, 0.05) is 43.3 Å². The average Bonchev–Trinajstić information content (AvgIpc) is 2.78. The third kappa shape index (κ3) is 4.34. The molecule has 1 spiro atoms. The van der Waals surface area contributed by atoms with Crippen molar-refractivity contribution >= 4 is 17.5 Å². The lowest BCUT2D eigenvalue weighted by Crippen LogP contribution is -2.57. The fraction of sp³-hybridized carbons (Fsp3) is 0.455. The molecule has 2 fully saturated rings. The maximum absolute atomic E-state index is 13.2. The highest BCUT2D eigenvalue weighted by Crippen LogP contribution is 2.30. The zero-order valence-electron chi connectivity index (χ0n) is 17.4. The lowest BCUT2D eigenvalue weighted by atomic mass is 9.89. The molecule has 0 unspecified atom stereocenters. The van der Waals surface area contributed by atoms with E-state index in [1.54, 1.807) is 6.07 Å². The van der Waals surface area contributed by atoms with E-state index in [9.17, 15) is 9.59 Å². The van der Waals surface area contributed by atoms with Gasteiger partial charge in [-0.25, -0.2) is 4.98 Å². The fourth-order valence-corrected chi connectivity index (χ4v) is 4.02. The second-order valence-electron chi connectivity index (χ2n) is 8.14. The van der Waals surface area contributed by atoms with Crippen molar-refractivity contribution < 1.29 is 14.3 Å². The molecule has 2 amide bonds. The summed E-state index contributed by atoms with van der Waals surface area (Å²) in [6.45, 7) is 5.58. The highest BCUT2D eigenvalue weighted by molar-refractivity contribution is 6.04. The predicted molar refractivity (Wildman–Crippen MR) is 112 cm³/mol. The lowest BCUT2D eigenvalue weighted by molar-refractivity contribution is -0.125. The summed E-state index contributed by atoms with van der Waals surface area (Å²) in [5, 5.41) is 2.84. The van der Waals surface area contributed by atoms with Crippen molar-refractivity contribution in [3.05, 3.63) is 53.6 Å². The van der Waals surface area contributed by atoms with Gasteiger partial charge in [0.05, 0.1) is 24.9 Å². The Morgan fingerprint density at radius 1 is 1.17 bits per heavy atom. The Kier molecular flexibility index (Phi) is 5.78. The maximum Gasteiger partial charge on any atom is 0.275 e. The van der Waals surface area contributed by atoms with Crippen LogP contribution in [0, 0.1) is 6.92 Å². The Morgan fingerprint density at radius 2 is 1.97 bits per heavy atom. The summed E-state index contributed by atoms with van der Waals surface area (Å²) in [5.41, 5.74) is 2.01. The lowest BCUT2D eigenvalue weighted by Gasteiger charge is -2.46. The Morgan fingerprint density at radius 3 is 2.70 bits per heavy atom. The third-order valence-corrected chi connectivity index (χ3v) is 5.96. The van der Waals surface area contributed by atoms with Gasteiger partial charge in [0.25, 0.3) is 11.8 Å². The molecule has 2 aromatic rings. The summed E-state index contributed by atoms with van der Waals surface area (Å²) in [7, 11) is 2.11. The molecule has 30 heavy (non-hydrogen) atoms. The van der Waals surface area contributed by atoms with Gasteiger partial charge in [-0.1, -0.05) is 6.07 Å². The Balaban J connectivity index is 1.49. The van der Waals surface area contributed by atoms with E-state index in [0.717, 1.165) is 31.5 Å². The summed E-state index contributed by atoms with van der Waals surface area (Å²) in [4.78, 5) is 37.8. The SMILES string of the molecule is Cc1ccc(C(=O)N2CCOC3(CCN(C)CC3)C2)cc1NC(=O)c1cnccn1. The molecule has 8 nitrogen and oxygen atoms in total. The summed E-state index contributed by atoms with van der Waals surface area (Å²) in [5.74, 6) is -0.390. The number of benzene rings is 1. The zero-order chi connectivity index (χ0) is 21.1. The Labute approximate surface area is 176 Å². The topological polar surface area (TPSA) is 87.7 Å². The van der Waals surface area contributed by atoms with Crippen LogP contribution < -0.4 is 5.32 Å². The summed E-state index contributed by atoms with van der Waals surface area (Å²) in [6, 6.07) is 5.40. The van der Waals surface area contributed by atoms with E-state index < -0.39 is 0 Å². The van der Waals surface area contributed by atoms with Crippen molar-refractivity contribution in [3.8, 4) is 0 Å². The van der Waals surface area contributed by atoms with Crippen LogP contribution in [0.25, 0.3) is 0 Å². The second kappa shape index (κ2) is 8.49. The van der Waals surface area contributed by atoms with E-state index in [4.69, 9.17) is 4.74 Å². The zero-order valence-corrected chi connectivity index (χ0v) is 17.4. The van der Waals surface area contributed by atoms with Crippen molar-refractivity contribution in [3.63, 3.8) is 0 Å². The van der Waals surface area contributed by atoms with Gasteiger partial charge in [-0.05, 0) is 44.5 Å². The molecule has 1 N–H and O–H groups in total. The van der Waals surface area contributed by atoms with Crippen molar-refractivity contribution in [2.24, 2.45) is 0 Å². The molecule has 0 bridgehead atoms. The number of hydrogen-bond acceptors (Lipinski definition) is 6. The van der Waals surface area contributed by atoms with Crippen LogP contribution in [0.5, 0.6) is 0 Å². The van der Waals surface area contributed by atoms with Gasteiger partial charge >= 0.3 is 0 Å². The minimum atomic E-state index is -0.354. The van der Waals surface area contributed by atoms with Crippen molar-refractivity contribution in [2.45, 2.75) is 25.4 Å². The molecular formula is C22H27N5O3. The first kappa shape index (κ1) is 20.4. The minimum Gasteiger partial charge on any atom is -0.371 e. The number of anilines is 1. The van der Waals surface area contributed by atoms with Gasteiger partial charge < -0.3 is 19.9 Å². The maximum atomic E-state index is 13.2. The van der Waals surface area contributed by atoms with Crippen molar-refractivity contribution in [1.82, 2.24) is 19.8 Å². The van der Waals surface area contributed by atoms with E-state index in [1.807, 2.05) is 24.0 Å². The monoisotopic (exact) mass is 409 g/mol. The molecular weight excluding hydrogens is 382 g/mol. The number of carbonyl (C=O) groups is 2. The molecule has 2 aliphatic rings. The Bertz CT molecular complexity index is 926. The van der Waals surface area contributed by atoms with Crippen molar-refractivity contribution in [1.29, 1.82) is 0 Å². The predicted octanol–water partition coefficient (Wildman–Crippen LogP) is 1.97. The standard InChI is InChI=1S/C22H27N5O3/c1-16-3-4-17(13-18(16)25-20(28)19-14-23-7-8-24-19)21(29)27-11-12-30-22(15-27)5-9-26(2)10-6-22/h3-4,7-8,13-14H,5-6,9-12,15H2,1-2H3,(H,25,28). The van der Waals surface area contributed by atoms with Gasteiger partial charge in [-0.2, -0.15) is 0 Å². The molecule has 158 valence electrons. The number of hydrogen-bond donors (Lipinski definition) is 1. The van der Waals surface area contributed by atoms with E-state index in [0.29, 0.717) is 30.9 Å². The van der Waals surface area contributed by atoms with Crippen LogP contribution in [0.1, 0.15) is 39.3 Å². The summed E-state index contributed by atoms with van der Waals surface area (Å²) >= 11 is 0. The Hall–Kier alpha value is -2.84. The fourth-order valence-electron chi connectivity index (χ4n) is 4.02. The quantitative estimate of drug-likeness (QED) is 0.834. The summed E-state index contributed by atoms with van der Waals surface area (Å²) < 4.78 is 6.13. The molecule has 8 heteroatoms. The van der Waals surface area contributed by atoms with Crippen LogP contribution in [0.3, 0.4) is 0 Å². The molecule has 4 rings (SSSR count). The largest absolute Gasteiger partial charge is 0.371 e. The van der Waals surface area contributed by atoms with Gasteiger partial charge in [0.15, 0.2) is 0 Å². The van der Waals surface area contributed by atoms with Crippen LogP contribution in [0.4, 0.5) is 5.69 Å². The van der Waals surface area contributed by atoms with Crippen LogP contribution in [-0.2, 0) is 4.74 Å². The highest BCUT2D eigenvalue weighted by atomic mass is 16.5. The molecule has 0 saturated carbocycles. The molecule has 0 atom stereocenters. The first-order chi connectivity index (χ1) is 14.5. The summed E-state index contributed by atoms with van der Waals surface area (Å²) in [6.07, 6.45) is 6.26. The third-order valence-electron chi connectivity index (χ3n) is 5.96. The van der Waals surface area contributed by atoms with Gasteiger partial charge in [0.1, 0.15) is 5.69 Å². The smallest absolute Gasteiger partial charge is 0.275 e. The normalized spacial score (nSPS) is 18.9. The van der Waals surface area contributed by atoms with E-state index in [2.05, 4.69) is 27.2 Å². The average molecular weight is 409 g/mol. The van der Waals surface area contributed by atoms with Crippen LogP contribution >= 0.6 is 0 Å². The number of carbonyl (C=O) groups excluding carboxylic acids is 2. The van der Waals surface area contributed by atoms with Gasteiger partial charge in [0.2, 0.25) is 0 Å².